The Balaban J connectivity index is 1.21. The van der Waals surface area contributed by atoms with E-state index in [1.54, 1.807) is 30.3 Å². The van der Waals surface area contributed by atoms with Crippen molar-refractivity contribution in [2.75, 3.05) is 10.3 Å². The maximum atomic E-state index is 15.4. The van der Waals surface area contributed by atoms with Crippen LogP contribution in [0.15, 0.2) is 102 Å². The predicted molar refractivity (Wildman–Crippen MR) is 204 cm³/mol. The first-order valence-corrected chi connectivity index (χ1v) is 19.1. The fourth-order valence-corrected chi connectivity index (χ4v) is 9.97. The van der Waals surface area contributed by atoms with E-state index < -0.39 is 87.2 Å². The van der Waals surface area contributed by atoms with E-state index in [1.165, 1.54) is 42.7 Å². The number of anilines is 2. The number of fused-ring (bicyclic) bond motifs is 5. The fourth-order valence-electron chi connectivity index (χ4n) is 9.63. The van der Waals surface area contributed by atoms with E-state index in [-0.39, 0.29) is 36.3 Å². The third kappa shape index (κ3) is 5.88. The molecule has 0 spiro atoms. The molecular formula is C42H29Cl2F3N4O8. The number of amides is 4. The normalized spacial score (nSPS) is 26.0. The van der Waals surface area contributed by atoms with E-state index in [1.807, 2.05) is 6.08 Å². The topological polar surface area (TPSA) is 166 Å². The summed E-state index contributed by atoms with van der Waals surface area (Å²) in [5.74, 6) is -9.06. The molecule has 4 amide bonds. The van der Waals surface area contributed by atoms with Gasteiger partial charge in [0.15, 0.2) is 5.82 Å². The largest absolute Gasteiger partial charge is 0.508 e. The number of nitrogens with one attached hydrogen (secondary N) is 1. The molecular weight excluding hydrogens is 816 g/mol. The van der Waals surface area contributed by atoms with Crippen molar-refractivity contribution in [3.8, 4) is 11.5 Å². The van der Waals surface area contributed by atoms with Gasteiger partial charge in [0.1, 0.15) is 11.5 Å². The van der Waals surface area contributed by atoms with E-state index >= 15 is 4.79 Å². The molecule has 1 aromatic heterocycles. The number of aromatic carboxylic acids is 1. The van der Waals surface area contributed by atoms with Crippen LogP contribution in [0.4, 0.5) is 24.7 Å². The number of carboxylic acids is 1. The van der Waals surface area contributed by atoms with Gasteiger partial charge in [-0.05, 0) is 84.5 Å². The minimum Gasteiger partial charge on any atom is -0.508 e. The average molecular weight is 846 g/mol. The van der Waals surface area contributed by atoms with E-state index in [9.17, 15) is 42.6 Å². The second-order valence-electron chi connectivity index (χ2n) is 15.1. The van der Waals surface area contributed by atoms with Crippen LogP contribution in [0.1, 0.15) is 39.9 Å². The third-order valence-corrected chi connectivity index (χ3v) is 12.6. The number of carbonyl (C=O) groups is 5. The molecule has 0 bridgehead atoms. The number of phenolic OH excluding ortho intramolecular Hbond substituents is 1. The molecule has 1 saturated carbocycles. The molecule has 9 rings (SSSR count). The first-order chi connectivity index (χ1) is 28.1. The van der Waals surface area contributed by atoms with Gasteiger partial charge in [0, 0.05) is 29.1 Å². The SMILES string of the molecule is O=C(O)c1cccc(N2C(=O)C3CC=C4C(CC5C(=O)N(Nc6ncc(C(F)(F)F)cc6Cl)C(=O)C5(c5ccc(Cl)cc5)C4C4=COc5ccc(O)cc5C4)C3C2=O)c1. The van der Waals surface area contributed by atoms with E-state index in [0.29, 0.717) is 50.3 Å². The number of hydrogen-bond acceptors (Lipinski definition) is 9. The number of pyridine rings is 1. The molecule has 2 aliphatic carbocycles. The van der Waals surface area contributed by atoms with Crippen molar-refractivity contribution in [2.45, 2.75) is 30.9 Å². The van der Waals surface area contributed by atoms with Crippen molar-refractivity contribution in [3.63, 3.8) is 0 Å². The number of hydrogen-bond donors (Lipinski definition) is 3. The highest BCUT2D eigenvalue weighted by atomic mass is 35.5. The van der Waals surface area contributed by atoms with Crippen LogP contribution >= 0.6 is 23.2 Å². The van der Waals surface area contributed by atoms with E-state index in [0.717, 1.165) is 4.90 Å². The summed E-state index contributed by atoms with van der Waals surface area (Å²) < 4.78 is 46.7. The molecule has 3 N–H and O–H groups in total. The van der Waals surface area contributed by atoms with Gasteiger partial charge >= 0.3 is 12.1 Å². The third-order valence-electron chi connectivity index (χ3n) is 12.1. The summed E-state index contributed by atoms with van der Waals surface area (Å²) >= 11 is 12.6. The molecule has 6 atom stereocenters. The van der Waals surface area contributed by atoms with Gasteiger partial charge in [-0.15, -0.1) is 0 Å². The van der Waals surface area contributed by atoms with Crippen LogP contribution in [-0.4, -0.2) is 49.8 Å². The molecule has 4 heterocycles. The van der Waals surface area contributed by atoms with Crippen molar-refractivity contribution in [2.24, 2.45) is 29.6 Å². The van der Waals surface area contributed by atoms with Gasteiger partial charge in [-0.1, -0.05) is 53.1 Å². The molecule has 4 aromatic rings. The zero-order chi connectivity index (χ0) is 41.7. The minimum atomic E-state index is -4.78. The summed E-state index contributed by atoms with van der Waals surface area (Å²) in [5, 5.41) is 20.6. The van der Waals surface area contributed by atoms with Crippen molar-refractivity contribution in [1.82, 2.24) is 9.99 Å². The second kappa shape index (κ2) is 13.7. The molecule has 17 heteroatoms. The average Bonchev–Trinajstić information content (AvgIpc) is 3.58. The second-order valence-corrected chi connectivity index (χ2v) is 15.9. The number of aromatic hydroxyl groups is 1. The molecule has 0 radical (unpaired) electrons. The Labute approximate surface area is 342 Å². The highest BCUT2D eigenvalue weighted by Crippen LogP contribution is 2.63. The van der Waals surface area contributed by atoms with Gasteiger partial charge in [-0.2, -0.15) is 18.2 Å². The lowest BCUT2D eigenvalue weighted by molar-refractivity contribution is -0.139. The first-order valence-electron chi connectivity index (χ1n) is 18.3. The number of alkyl halides is 3. The van der Waals surface area contributed by atoms with Crippen LogP contribution < -0.4 is 15.1 Å². The van der Waals surface area contributed by atoms with Gasteiger partial charge in [0.05, 0.1) is 51.3 Å². The number of halogens is 5. The first kappa shape index (κ1) is 38.3. The van der Waals surface area contributed by atoms with Gasteiger partial charge in [0.25, 0.3) is 11.8 Å². The lowest BCUT2D eigenvalue weighted by Crippen LogP contribution is -2.55. The Morgan fingerprint density at radius 3 is 2.42 bits per heavy atom. The van der Waals surface area contributed by atoms with Gasteiger partial charge < -0.3 is 14.9 Å². The van der Waals surface area contributed by atoms with Crippen molar-refractivity contribution in [1.29, 1.82) is 0 Å². The van der Waals surface area contributed by atoms with Gasteiger partial charge in [0.2, 0.25) is 11.8 Å². The number of rotatable bonds is 6. The van der Waals surface area contributed by atoms with E-state index in [2.05, 4.69) is 10.4 Å². The number of phenols is 1. The molecule has 3 aromatic carbocycles. The number of benzene rings is 3. The van der Waals surface area contributed by atoms with Crippen LogP contribution in [0.5, 0.6) is 11.5 Å². The van der Waals surface area contributed by atoms with E-state index in [4.69, 9.17) is 27.9 Å². The number of ether oxygens (including phenoxy) is 1. The number of carboxylic acid groups (broad SMARTS) is 1. The quantitative estimate of drug-likeness (QED) is 0.132. The number of imide groups is 2. The van der Waals surface area contributed by atoms with Crippen LogP contribution in [0.3, 0.4) is 0 Å². The van der Waals surface area contributed by atoms with Crippen molar-refractivity contribution >= 4 is 64.3 Å². The highest BCUT2D eigenvalue weighted by molar-refractivity contribution is 6.33. The summed E-state index contributed by atoms with van der Waals surface area (Å²) in [7, 11) is 0. The zero-order valence-electron chi connectivity index (χ0n) is 30.2. The summed E-state index contributed by atoms with van der Waals surface area (Å²) in [5.41, 5.74) is 1.57. The van der Waals surface area contributed by atoms with Crippen LogP contribution in [0.25, 0.3) is 0 Å². The number of allylic oxidation sites excluding steroid dienone is 3. The van der Waals surface area contributed by atoms with Crippen LogP contribution in [-0.2, 0) is 37.2 Å². The maximum Gasteiger partial charge on any atom is 0.417 e. The molecule has 3 aliphatic heterocycles. The van der Waals surface area contributed by atoms with Gasteiger partial charge in [-0.25, -0.2) is 9.78 Å². The number of nitrogens with zero attached hydrogens (tertiary/aromatic N) is 3. The molecule has 6 unspecified atom stereocenters. The molecule has 2 saturated heterocycles. The van der Waals surface area contributed by atoms with Crippen molar-refractivity contribution in [3.05, 3.63) is 135 Å². The minimum absolute atomic E-state index is 0.0503. The summed E-state index contributed by atoms with van der Waals surface area (Å²) in [6.45, 7) is 0. The predicted octanol–water partition coefficient (Wildman–Crippen LogP) is 7.35. The molecule has 59 heavy (non-hydrogen) atoms. The molecule has 3 fully saturated rings. The summed E-state index contributed by atoms with van der Waals surface area (Å²) in [6.07, 6.45) is -0.922. The zero-order valence-corrected chi connectivity index (χ0v) is 31.8. The highest BCUT2D eigenvalue weighted by Gasteiger charge is 2.71. The standard InChI is InChI=1S/C42H29Cl2F3N4O8/c43-24-6-4-22(5-7-24)41-30(37(54)51(40(41)58)49-35-31(44)15-23(17-48-35)42(45,46)47)16-29-27(34(41)21-12-20-14-26(52)8-11-32(20)59-18-21)9-10-28-33(29)38(55)50(36(28)53)25-3-1-2-19(13-25)39(56)57/h1-9,11,13-15,17-18,28-30,33-34,52H,10,12,16H2,(H,48,49)(H,56,57). The molecule has 12 nitrogen and oxygen atoms in total. The Morgan fingerprint density at radius 1 is 0.949 bits per heavy atom. The number of aromatic nitrogens is 1. The Hall–Kier alpha value is -6.19. The fraction of sp³-hybridized carbons (Fsp3) is 0.238. The smallest absolute Gasteiger partial charge is 0.417 e. The van der Waals surface area contributed by atoms with Crippen LogP contribution in [0.2, 0.25) is 10.0 Å². The monoisotopic (exact) mass is 844 g/mol. The Bertz CT molecular complexity index is 2600. The number of carbonyl (C=O) groups excluding carboxylic acids is 4. The van der Waals surface area contributed by atoms with Crippen molar-refractivity contribution < 1.29 is 52.1 Å². The Morgan fingerprint density at radius 2 is 1.71 bits per heavy atom. The summed E-state index contributed by atoms with van der Waals surface area (Å²) in [6, 6.07) is 16.9. The molecule has 5 aliphatic rings. The summed E-state index contributed by atoms with van der Waals surface area (Å²) in [4.78, 5) is 75.8. The number of hydrazine groups is 1. The Kier molecular flexibility index (Phi) is 8.90. The molecule has 300 valence electrons. The lowest BCUT2D eigenvalue weighted by Gasteiger charge is -2.51. The maximum absolute atomic E-state index is 15.4. The van der Waals surface area contributed by atoms with Crippen LogP contribution in [0, 0.1) is 29.6 Å². The lowest BCUT2D eigenvalue weighted by atomic mass is 9.48. The van der Waals surface area contributed by atoms with Gasteiger partial charge in [-0.3, -0.25) is 29.5 Å².